The third-order valence-corrected chi connectivity index (χ3v) is 6.18. The Morgan fingerprint density at radius 2 is 2.00 bits per heavy atom. The minimum Gasteiger partial charge on any atom is -0.411 e. The van der Waals surface area contributed by atoms with Crippen LogP contribution in [0.2, 0.25) is 5.02 Å². The zero-order valence-corrected chi connectivity index (χ0v) is 18.8. The molecule has 162 valence electrons. The first kappa shape index (κ1) is 21.9. The molecule has 12 heteroatoms. The van der Waals surface area contributed by atoms with Gasteiger partial charge in [0.05, 0.1) is 15.9 Å². The average Bonchev–Trinajstić information content (AvgIpc) is 3.44. The van der Waals surface area contributed by atoms with Crippen molar-refractivity contribution in [1.29, 1.82) is 0 Å². The van der Waals surface area contributed by atoms with E-state index in [-0.39, 0.29) is 16.8 Å². The summed E-state index contributed by atoms with van der Waals surface area (Å²) in [4.78, 5) is 27.4. The van der Waals surface area contributed by atoms with E-state index in [4.69, 9.17) is 16.0 Å². The number of halogens is 1. The molecule has 0 spiro atoms. The molecular weight excluding hydrogens is 474 g/mol. The number of benzene rings is 2. The molecule has 2 heterocycles. The Kier molecular flexibility index (Phi) is 6.49. The molecule has 1 amide bonds. The first-order valence-corrected chi connectivity index (χ1v) is 11.3. The van der Waals surface area contributed by atoms with Crippen molar-refractivity contribution in [3.05, 3.63) is 69.0 Å². The van der Waals surface area contributed by atoms with Crippen molar-refractivity contribution in [3.8, 4) is 22.7 Å². The highest BCUT2D eigenvalue weighted by atomic mass is 35.5. The van der Waals surface area contributed by atoms with Crippen molar-refractivity contribution in [2.45, 2.75) is 17.4 Å². The molecule has 2 aromatic heterocycles. The Morgan fingerprint density at radius 3 is 2.75 bits per heavy atom. The lowest BCUT2D eigenvalue weighted by atomic mass is 10.1. The second-order valence-electron chi connectivity index (χ2n) is 6.47. The van der Waals surface area contributed by atoms with E-state index >= 15 is 0 Å². The van der Waals surface area contributed by atoms with E-state index < -0.39 is 10.2 Å². The summed E-state index contributed by atoms with van der Waals surface area (Å²) in [6.07, 6.45) is 0. The Hall–Kier alpha value is -3.28. The topological polar surface area (TPSA) is 124 Å². The maximum absolute atomic E-state index is 12.6. The molecule has 9 nitrogen and oxygen atoms in total. The molecule has 2 aromatic carbocycles. The van der Waals surface area contributed by atoms with E-state index in [2.05, 4.69) is 20.5 Å². The number of nitro benzene ring substituents is 1. The fourth-order valence-electron chi connectivity index (χ4n) is 2.62. The number of rotatable bonds is 7. The highest BCUT2D eigenvalue weighted by molar-refractivity contribution is 8.00. The molecule has 0 aliphatic carbocycles. The van der Waals surface area contributed by atoms with Gasteiger partial charge in [-0.15, -0.1) is 21.5 Å². The highest BCUT2D eigenvalue weighted by Gasteiger charge is 2.20. The molecule has 1 atom stereocenters. The van der Waals surface area contributed by atoms with Crippen LogP contribution in [-0.4, -0.2) is 31.3 Å². The Bertz CT molecular complexity index is 1280. The van der Waals surface area contributed by atoms with Gasteiger partial charge in [0.2, 0.25) is 11.8 Å². The van der Waals surface area contributed by atoms with Crippen molar-refractivity contribution in [3.63, 3.8) is 0 Å². The van der Waals surface area contributed by atoms with E-state index in [0.717, 1.165) is 17.3 Å². The number of thiazole rings is 1. The third kappa shape index (κ3) is 5.13. The normalized spacial score (nSPS) is 11.8. The zero-order chi connectivity index (χ0) is 22.7. The fourth-order valence-corrected chi connectivity index (χ4v) is 4.15. The Morgan fingerprint density at radius 1 is 1.22 bits per heavy atom. The van der Waals surface area contributed by atoms with Crippen molar-refractivity contribution < 1.29 is 14.1 Å². The molecule has 0 bridgehead atoms. The number of nitrogens with zero attached hydrogens (tertiary/aromatic N) is 4. The monoisotopic (exact) mass is 487 g/mol. The predicted octanol–water partition coefficient (Wildman–Crippen LogP) is 5.54. The molecule has 0 aliphatic heterocycles. The van der Waals surface area contributed by atoms with Gasteiger partial charge in [-0.1, -0.05) is 35.5 Å². The number of nitrogens with one attached hydrogen (secondary N) is 1. The lowest BCUT2D eigenvalue weighted by Crippen LogP contribution is -2.22. The quantitative estimate of drug-likeness (QED) is 0.204. The number of carbonyl (C=O) groups excluding carboxylic acids is 1. The molecule has 0 aliphatic rings. The van der Waals surface area contributed by atoms with Crippen LogP contribution in [0.3, 0.4) is 0 Å². The van der Waals surface area contributed by atoms with Crippen LogP contribution in [0, 0.1) is 10.1 Å². The summed E-state index contributed by atoms with van der Waals surface area (Å²) in [5.74, 6) is 0.0412. The van der Waals surface area contributed by atoms with Gasteiger partial charge in [0.25, 0.3) is 10.9 Å². The van der Waals surface area contributed by atoms with Gasteiger partial charge in [0.1, 0.15) is 0 Å². The summed E-state index contributed by atoms with van der Waals surface area (Å²) in [6, 6.07) is 13.1. The number of hydrogen-bond donors (Lipinski definition) is 1. The van der Waals surface area contributed by atoms with Crippen molar-refractivity contribution in [2.75, 3.05) is 5.32 Å². The molecule has 1 N–H and O–H groups in total. The molecular formula is C20H14ClN5O4S2. The van der Waals surface area contributed by atoms with Crippen LogP contribution in [0.5, 0.6) is 0 Å². The van der Waals surface area contributed by atoms with E-state index in [9.17, 15) is 14.9 Å². The summed E-state index contributed by atoms with van der Waals surface area (Å²) in [5.41, 5.74) is 1.84. The van der Waals surface area contributed by atoms with Crippen molar-refractivity contribution in [1.82, 2.24) is 15.2 Å². The molecule has 32 heavy (non-hydrogen) atoms. The lowest BCUT2D eigenvalue weighted by Gasteiger charge is -2.07. The largest absolute Gasteiger partial charge is 0.411 e. The third-order valence-electron chi connectivity index (χ3n) is 4.23. The number of carbonyl (C=O) groups is 1. The SMILES string of the molecule is CC(Sc1nnc(-c2ccc(Cl)cc2)o1)C(=O)Nc1nc(-c2cccc([N+](=O)[O-])c2)cs1. The van der Waals surface area contributed by atoms with Crippen LogP contribution in [-0.2, 0) is 4.79 Å². The molecule has 1 unspecified atom stereocenters. The maximum Gasteiger partial charge on any atom is 0.277 e. The Labute approximate surface area is 195 Å². The van der Waals surface area contributed by atoms with Gasteiger partial charge < -0.3 is 9.73 Å². The van der Waals surface area contributed by atoms with Gasteiger partial charge in [-0.2, -0.15) is 0 Å². The molecule has 0 saturated carbocycles. The lowest BCUT2D eigenvalue weighted by molar-refractivity contribution is -0.384. The van der Waals surface area contributed by atoms with Crippen LogP contribution in [0.4, 0.5) is 10.8 Å². The summed E-state index contributed by atoms with van der Waals surface area (Å²) >= 11 is 8.23. The number of hydrogen-bond acceptors (Lipinski definition) is 9. The van der Waals surface area contributed by atoms with Crippen molar-refractivity contribution in [2.24, 2.45) is 0 Å². The fraction of sp³-hybridized carbons (Fsp3) is 0.100. The van der Waals surface area contributed by atoms with Gasteiger partial charge in [-0.3, -0.25) is 14.9 Å². The van der Waals surface area contributed by atoms with Crippen LogP contribution >= 0.6 is 34.7 Å². The van der Waals surface area contributed by atoms with Gasteiger partial charge in [-0.05, 0) is 31.2 Å². The highest BCUT2D eigenvalue weighted by Crippen LogP contribution is 2.30. The number of thioether (sulfide) groups is 1. The van der Waals surface area contributed by atoms with Gasteiger partial charge in [0.15, 0.2) is 5.13 Å². The molecule has 0 radical (unpaired) electrons. The van der Waals surface area contributed by atoms with Crippen LogP contribution in [0.1, 0.15) is 6.92 Å². The zero-order valence-electron chi connectivity index (χ0n) is 16.4. The molecule has 4 aromatic rings. The number of anilines is 1. The number of aromatic nitrogens is 3. The first-order valence-electron chi connectivity index (χ1n) is 9.16. The minimum absolute atomic E-state index is 0.0244. The van der Waals surface area contributed by atoms with E-state index in [1.54, 1.807) is 48.7 Å². The first-order chi connectivity index (χ1) is 15.4. The summed E-state index contributed by atoms with van der Waals surface area (Å²) in [7, 11) is 0. The van der Waals surface area contributed by atoms with Crippen LogP contribution in [0.25, 0.3) is 22.7 Å². The standard InChI is InChI=1S/C20H14ClN5O4S2/c1-11(32-20-25-24-18(30-20)12-5-7-14(21)8-6-12)17(27)23-19-22-16(10-31-19)13-3-2-4-15(9-13)26(28)29/h2-11H,1H3,(H,22,23,27). The smallest absolute Gasteiger partial charge is 0.277 e. The van der Waals surface area contributed by atoms with E-state index in [1.807, 2.05) is 0 Å². The molecule has 4 rings (SSSR count). The van der Waals surface area contributed by atoms with E-state index in [1.165, 1.54) is 23.5 Å². The maximum atomic E-state index is 12.6. The predicted molar refractivity (Wildman–Crippen MR) is 123 cm³/mol. The van der Waals surface area contributed by atoms with Crippen LogP contribution < -0.4 is 5.32 Å². The van der Waals surface area contributed by atoms with Gasteiger partial charge >= 0.3 is 0 Å². The minimum atomic E-state index is -0.529. The molecule has 0 fully saturated rings. The number of nitro groups is 1. The second-order valence-corrected chi connectivity index (χ2v) is 9.06. The van der Waals surface area contributed by atoms with Crippen molar-refractivity contribution >= 4 is 51.4 Å². The Balaban J connectivity index is 1.39. The molecule has 0 saturated heterocycles. The number of non-ortho nitro benzene ring substituents is 1. The summed E-state index contributed by atoms with van der Waals surface area (Å²) in [5, 5.41) is 24.1. The summed E-state index contributed by atoms with van der Waals surface area (Å²) < 4.78 is 5.62. The van der Waals surface area contributed by atoms with Crippen LogP contribution in [0.15, 0.2) is 63.6 Å². The van der Waals surface area contributed by atoms with Gasteiger partial charge in [-0.25, -0.2) is 4.98 Å². The summed E-state index contributed by atoms with van der Waals surface area (Å²) in [6.45, 7) is 1.71. The second kappa shape index (κ2) is 9.47. The average molecular weight is 488 g/mol. The van der Waals surface area contributed by atoms with E-state index in [0.29, 0.717) is 27.3 Å². The van der Waals surface area contributed by atoms with Gasteiger partial charge in [0, 0.05) is 33.7 Å². The number of amides is 1.